The van der Waals surface area contributed by atoms with Crippen LogP contribution in [0.1, 0.15) is 57.9 Å². The summed E-state index contributed by atoms with van der Waals surface area (Å²) >= 11 is 0. The number of nitrogens with one attached hydrogen (secondary N) is 1. The first kappa shape index (κ1) is 42.6. The number of methoxy groups -OCH3 is 1. The minimum atomic E-state index is -2.51. The van der Waals surface area contributed by atoms with Crippen LogP contribution in [0.15, 0.2) is 48.1 Å². The number of benzene rings is 1. The maximum atomic E-state index is 17.3. The molecule has 17 nitrogen and oxygen atoms in total. The van der Waals surface area contributed by atoms with Crippen LogP contribution in [-0.2, 0) is 33.5 Å². The largest absolute Gasteiger partial charge is 0.493 e. The third kappa shape index (κ3) is 8.00. The predicted molar refractivity (Wildman–Crippen MR) is 188 cm³/mol. The molecule has 0 saturated heterocycles. The van der Waals surface area contributed by atoms with Crippen molar-refractivity contribution in [3.63, 3.8) is 0 Å². The summed E-state index contributed by atoms with van der Waals surface area (Å²) in [6, 6.07) is 4.37. The Morgan fingerprint density at radius 3 is 2.48 bits per heavy atom. The monoisotopic (exact) mass is 790 g/mol. The first-order valence-corrected chi connectivity index (χ1v) is 18.1. The Morgan fingerprint density at radius 2 is 1.77 bits per heavy atom. The molecule has 5 rings (SSSR count). The van der Waals surface area contributed by atoms with Crippen molar-refractivity contribution in [1.29, 1.82) is 0 Å². The van der Waals surface area contributed by atoms with Gasteiger partial charge in [0.15, 0.2) is 35.2 Å². The van der Waals surface area contributed by atoms with Gasteiger partial charge in [-0.3, -0.25) is 24.8 Å². The molecule has 0 aromatic heterocycles. The molecular formula is C38H47FN2O15. The lowest BCUT2D eigenvalue weighted by Gasteiger charge is -2.62. The van der Waals surface area contributed by atoms with E-state index in [1.54, 1.807) is 6.92 Å². The average molecular weight is 791 g/mol. The molecule has 6 N–H and O–H groups in total. The standard InChI is InChI=1S/C38H47FN2O15/c1-35-13-12-24(42)17-23(35)8-9-25-26-18-29(43)38(49,36(26,2)19-30(44)37(25,35)39)31(45)21-54-34(48)40-20-33(47)56-27-10-6-22(16-28(27)52-3)7-11-32(46)53-14-4-5-15-55-41(50)51/h6-7,10-13,16-17,25-26,29-30,43-44,49-51H,4-5,8-9,14-15,18-21H2,1-3H3,(H,40,48)/b11-7+/t25-,26-,29+,30-,35-,36-,37-,38-/m0/s1. The van der Waals surface area contributed by atoms with Gasteiger partial charge < -0.3 is 39.6 Å². The molecule has 3 fully saturated rings. The van der Waals surface area contributed by atoms with E-state index in [0.717, 1.165) is 0 Å². The second kappa shape index (κ2) is 16.9. The van der Waals surface area contributed by atoms with Gasteiger partial charge in [-0.1, -0.05) is 24.6 Å². The molecule has 4 aliphatic rings. The normalized spacial score (nSPS) is 31.9. The highest BCUT2D eigenvalue weighted by Gasteiger charge is 2.76. The zero-order valence-corrected chi connectivity index (χ0v) is 31.1. The van der Waals surface area contributed by atoms with Crippen molar-refractivity contribution < 1.29 is 77.9 Å². The molecule has 8 atom stereocenters. The Bertz CT molecular complexity index is 1800. The number of allylic oxidation sites excluding steroid dienone is 4. The Labute approximate surface area is 321 Å². The number of rotatable bonds is 15. The minimum absolute atomic E-state index is 0.0122. The van der Waals surface area contributed by atoms with Crippen LogP contribution in [0.3, 0.4) is 0 Å². The van der Waals surface area contributed by atoms with Crippen molar-refractivity contribution in [3.8, 4) is 11.5 Å². The third-order valence-electron chi connectivity index (χ3n) is 11.8. The number of ether oxygens (including phenoxy) is 4. The molecule has 306 valence electrons. The van der Waals surface area contributed by atoms with Crippen LogP contribution in [0, 0.1) is 22.7 Å². The van der Waals surface area contributed by atoms with Crippen LogP contribution in [0.25, 0.3) is 6.08 Å². The van der Waals surface area contributed by atoms with Gasteiger partial charge in [-0.2, -0.15) is 0 Å². The summed E-state index contributed by atoms with van der Waals surface area (Å²) in [5, 5.41) is 53.1. The van der Waals surface area contributed by atoms with E-state index in [2.05, 4.69) is 10.2 Å². The van der Waals surface area contributed by atoms with Crippen LogP contribution < -0.4 is 14.8 Å². The molecule has 4 aliphatic carbocycles. The molecule has 0 spiro atoms. The van der Waals surface area contributed by atoms with E-state index < -0.39 is 94.9 Å². The molecule has 1 amide bonds. The second-order valence-corrected chi connectivity index (χ2v) is 14.8. The van der Waals surface area contributed by atoms with E-state index in [1.165, 1.54) is 62.6 Å². The smallest absolute Gasteiger partial charge is 0.408 e. The molecule has 0 aliphatic heterocycles. The van der Waals surface area contributed by atoms with Gasteiger partial charge in [-0.05, 0) is 87.3 Å². The van der Waals surface area contributed by atoms with Crippen molar-refractivity contribution in [2.45, 2.75) is 75.9 Å². The first-order chi connectivity index (χ1) is 26.4. The lowest BCUT2D eigenvalue weighted by Crippen LogP contribution is -2.69. The number of aliphatic hydroxyl groups is 3. The van der Waals surface area contributed by atoms with E-state index in [1.807, 2.05) is 0 Å². The highest BCUT2D eigenvalue weighted by molar-refractivity contribution is 6.01. The number of ketones is 2. The number of hydrogen-bond donors (Lipinski definition) is 6. The molecule has 56 heavy (non-hydrogen) atoms. The fourth-order valence-corrected chi connectivity index (χ4v) is 8.93. The van der Waals surface area contributed by atoms with E-state index in [0.29, 0.717) is 30.4 Å². The molecular weight excluding hydrogens is 743 g/mol. The number of fused-ring (bicyclic) bond motifs is 5. The molecule has 18 heteroatoms. The van der Waals surface area contributed by atoms with Gasteiger partial charge in [0.1, 0.15) is 6.54 Å². The Balaban J connectivity index is 1.12. The molecule has 3 saturated carbocycles. The van der Waals surface area contributed by atoms with E-state index in [-0.39, 0.29) is 43.3 Å². The van der Waals surface area contributed by atoms with Crippen LogP contribution in [0.2, 0.25) is 0 Å². The van der Waals surface area contributed by atoms with Crippen molar-refractivity contribution >= 4 is 35.7 Å². The number of hydrogen-bond acceptors (Lipinski definition) is 16. The zero-order valence-electron chi connectivity index (χ0n) is 31.1. The summed E-state index contributed by atoms with van der Waals surface area (Å²) in [7, 11) is 1.32. The number of halogens is 1. The number of nitrogens with zero attached hydrogens (tertiary/aromatic N) is 1. The van der Waals surface area contributed by atoms with Gasteiger partial charge in [0.25, 0.3) is 0 Å². The average Bonchev–Trinajstić information content (AvgIpc) is 3.35. The fraction of sp³-hybridized carbons (Fsp3) is 0.553. The number of esters is 2. The maximum absolute atomic E-state index is 17.3. The predicted octanol–water partition coefficient (Wildman–Crippen LogP) is 2.32. The number of amides is 1. The summed E-state index contributed by atoms with van der Waals surface area (Å²) in [6.45, 7) is 1.50. The Morgan fingerprint density at radius 1 is 1.04 bits per heavy atom. The molecule has 0 unspecified atom stereocenters. The highest BCUT2D eigenvalue weighted by atomic mass is 19.1. The van der Waals surface area contributed by atoms with Crippen molar-refractivity contribution in [2.75, 3.05) is 33.5 Å². The van der Waals surface area contributed by atoms with Gasteiger partial charge in [-0.25, -0.2) is 18.8 Å². The highest BCUT2D eigenvalue weighted by Crippen LogP contribution is 2.69. The molecule has 1 aromatic carbocycles. The maximum Gasteiger partial charge on any atom is 0.408 e. The minimum Gasteiger partial charge on any atom is -0.493 e. The summed E-state index contributed by atoms with van der Waals surface area (Å²) in [4.78, 5) is 67.1. The summed E-state index contributed by atoms with van der Waals surface area (Å²) in [6.07, 6.45) is 3.02. The lowest BCUT2D eigenvalue weighted by atomic mass is 9.44. The number of Topliss-reactive ketones (excluding diaryl/α,β-unsaturated/α-hetero) is 1. The second-order valence-electron chi connectivity index (χ2n) is 14.8. The summed E-state index contributed by atoms with van der Waals surface area (Å²) < 4.78 is 37.9. The van der Waals surface area contributed by atoms with Gasteiger partial charge in [0.2, 0.25) is 5.78 Å². The van der Waals surface area contributed by atoms with Crippen molar-refractivity contribution in [3.05, 3.63) is 53.6 Å². The van der Waals surface area contributed by atoms with E-state index in [9.17, 15) is 39.3 Å². The van der Waals surface area contributed by atoms with Gasteiger partial charge in [0, 0.05) is 22.8 Å². The molecule has 0 radical (unpaired) electrons. The SMILES string of the molecule is COc1cc(/C=C/C(=O)OCCCCON(O)O)ccc1OC(=O)CNC(=O)OCC(=O)[C@@]1(O)[C@H](O)C[C@H]2[C@@H]3CCC4=CC(=O)C=C[C@]4(C)[C@@]3(F)[C@@H](O)C[C@@]21C. The van der Waals surface area contributed by atoms with Crippen LogP contribution >= 0.6 is 0 Å². The summed E-state index contributed by atoms with van der Waals surface area (Å²) in [5.74, 6) is -4.45. The zero-order chi connectivity index (χ0) is 41.1. The van der Waals surface area contributed by atoms with Crippen LogP contribution in [-0.4, -0.2) is 118 Å². The lowest BCUT2D eigenvalue weighted by molar-refractivity contribution is -0.492. The Hall–Kier alpha value is -4.56. The first-order valence-electron chi connectivity index (χ1n) is 18.1. The summed E-state index contributed by atoms with van der Waals surface area (Å²) in [5.41, 5.74) is -6.52. The molecule has 0 bridgehead atoms. The topological polar surface area (TPSA) is 248 Å². The van der Waals surface area contributed by atoms with E-state index >= 15 is 4.39 Å². The third-order valence-corrected chi connectivity index (χ3v) is 11.8. The fourth-order valence-electron chi connectivity index (χ4n) is 8.93. The van der Waals surface area contributed by atoms with Crippen LogP contribution in [0.5, 0.6) is 11.5 Å². The number of aliphatic hydroxyl groups excluding tert-OH is 2. The number of carbonyl (C=O) groups excluding carboxylic acids is 5. The van der Waals surface area contributed by atoms with Gasteiger partial charge >= 0.3 is 18.0 Å². The van der Waals surface area contributed by atoms with Crippen molar-refractivity contribution in [2.24, 2.45) is 22.7 Å². The number of alkyl halides is 1. The van der Waals surface area contributed by atoms with Crippen LogP contribution in [0.4, 0.5) is 9.18 Å². The molecule has 1 aromatic rings. The number of alkyl carbamates (subject to hydrolysis) is 1. The van der Waals surface area contributed by atoms with Gasteiger partial charge in [-0.15, -0.1) is 0 Å². The number of unbranched alkanes of at least 4 members (excludes halogenated alkanes) is 1. The van der Waals surface area contributed by atoms with Gasteiger partial charge in [0.05, 0.1) is 37.9 Å². The quantitative estimate of drug-likeness (QED) is 0.0491. The van der Waals surface area contributed by atoms with E-state index in [4.69, 9.17) is 29.4 Å². The van der Waals surface area contributed by atoms with Crippen molar-refractivity contribution in [1.82, 2.24) is 10.7 Å². The number of carbonyl (C=O) groups is 5. The Kier molecular flexibility index (Phi) is 12.8. The molecule has 0 heterocycles.